The van der Waals surface area contributed by atoms with Crippen molar-refractivity contribution in [3.05, 3.63) is 39.2 Å². The van der Waals surface area contributed by atoms with Crippen LogP contribution in [0, 0.1) is 0 Å². The molecule has 0 saturated carbocycles. The van der Waals surface area contributed by atoms with Gasteiger partial charge < -0.3 is 14.8 Å². The predicted octanol–water partition coefficient (Wildman–Crippen LogP) is 3.03. The highest BCUT2D eigenvalue weighted by Gasteiger charge is 2.16. The number of rotatable bonds is 2. The number of hydrogen-bond acceptors (Lipinski definition) is 5. The minimum atomic E-state index is -0.302. The second-order valence-corrected chi connectivity index (χ2v) is 5.71. The Balaban J connectivity index is 1.82. The van der Waals surface area contributed by atoms with Crippen molar-refractivity contribution < 1.29 is 14.3 Å². The van der Waals surface area contributed by atoms with Crippen molar-refractivity contribution in [3.8, 4) is 11.5 Å². The van der Waals surface area contributed by atoms with Crippen molar-refractivity contribution in [3.63, 3.8) is 0 Å². The first-order chi connectivity index (χ1) is 10.1. The molecule has 1 N–H and O–H groups in total. The summed E-state index contributed by atoms with van der Waals surface area (Å²) in [6.07, 6.45) is 1.50. The number of fused-ring (bicyclic) bond motifs is 1. The second kappa shape index (κ2) is 5.98. The van der Waals surface area contributed by atoms with E-state index in [1.807, 2.05) is 0 Å². The van der Waals surface area contributed by atoms with E-state index in [2.05, 4.69) is 47.1 Å². The van der Waals surface area contributed by atoms with E-state index in [0.717, 1.165) is 0 Å². The van der Waals surface area contributed by atoms with Gasteiger partial charge in [0.2, 0.25) is 0 Å². The van der Waals surface area contributed by atoms with Gasteiger partial charge in [-0.05, 0) is 50.1 Å². The minimum Gasteiger partial charge on any atom is -0.486 e. The zero-order valence-corrected chi connectivity index (χ0v) is 13.8. The lowest BCUT2D eigenvalue weighted by molar-refractivity contribution is 0.102. The lowest BCUT2D eigenvalue weighted by atomic mass is 10.2. The van der Waals surface area contributed by atoms with Crippen LogP contribution in [0.3, 0.4) is 0 Å². The number of hydrogen-bond donors (Lipinski definition) is 1. The quantitative estimate of drug-likeness (QED) is 0.817. The maximum atomic E-state index is 12.2. The smallest absolute Gasteiger partial charge is 0.257 e. The fourth-order valence-corrected chi connectivity index (χ4v) is 2.71. The summed E-state index contributed by atoms with van der Waals surface area (Å²) < 4.78 is 11.9. The number of benzene rings is 1. The Morgan fingerprint density at radius 3 is 2.71 bits per heavy atom. The number of amides is 1. The van der Waals surface area contributed by atoms with Crippen LogP contribution < -0.4 is 14.8 Å². The normalized spacial score (nSPS) is 12.9. The lowest BCUT2D eigenvalue weighted by Gasteiger charge is -2.18. The van der Waals surface area contributed by atoms with Gasteiger partial charge in [-0.3, -0.25) is 4.79 Å². The molecular weight excluding hydrogens is 406 g/mol. The molecule has 0 radical (unpaired) electrons. The van der Waals surface area contributed by atoms with E-state index in [1.165, 1.54) is 6.20 Å². The number of nitrogens with one attached hydrogen (secondary N) is 1. The van der Waals surface area contributed by atoms with Gasteiger partial charge in [-0.25, -0.2) is 9.97 Å². The number of halogens is 2. The summed E-state index contributed by atoms with van der Waals surface area (Å²) in [5.74, 6) is 1.25. The Hall–Kier alpha value is -1.67. The van der Waals surface area contributed by atoms with Gasteiger partial charge >= 0.3 is 0 Å². The number of nitrogens with zero attached hydrogens (tertiary/aromatic N) is 2. The van der Waals surface area contributed by atoms with Crippen LogP contribution in [0.1, 0.15) is 10.4 Å². The van der Waals surface area contributed by atoms with E-state index in [0.29, 0.717) is 45.3 Å². The summed E-state index contributed by atoms with van der Waals surface area (Å²) in [7, 11) is 0. The third-order valence-electron chi connectivity index (χ3n) is 2.74. The summed E-state index contributed by atoms with van der Waals surface area (Å²) in [5, 5.41) is 2.68. The summed E-state index contributed by atoms with van der Waals surface area (Å²) in [6.45, 7) is 0.988. The van der Waals surface area contributed by atoms with E-state index in [9.17, 15) is 4.79 Å². The predicted molar refractivity (Wildman–Crippen MR) is 82.8 cm³/mol. The molecule has 0 spiro atoms. The number of ether oxygens (including phenoxy) is 2. The highest BCUT2D eigenvalue weighted by Crippen LogP contribution is 2.31. The van der Waals surface area contributed by atoms with Crippen LogP contribution in [0.2, 0.25) is 0 Å². The van der Waals surface area contributed by atoms with Gasteiger partial charge in [0.05, 0.1) is 6.20 Å². The van der Waals surface area contributed by atoms with Crippen LogP contribution in [-0.2, 0) is 0 Å². The fraction of sp³-hybridized carbons (Fsp3) is 0.154. The molecule has 1 aromatic carbocycles. The molecule has 8 heteroatoms. The average Bonchev–Trinajstić information content (AvgIpc) is 2.49. The zero-order valence-electron chi connectivity index (χ0n) is 10.6. The second-order valence-electron chi connectivity index (χ2n) is 4.14. The van der Waals surface area contributed by atoms with E-state index in [-0.39, 0.29) is 5.91 Å². The van der Waals surface area contributed by atoms with Gasteiger partial charge in [0.15, 0.2) is 17.3 Å². The van der Waals surface area contributed by atoms with Gasteiger partial charge in [0, 0.05) is 5.56 Å². The topological polar surface area (TPSA) is 73.3 Å². The fourth-order valence-electron chi connectivity index (χ4n) is 1.79. The SMILES string of the molecule is O=C(Nc1ncc(Br)nc1Br)c1ccc2c(c1)OCCO2. The zero-order chi connectivity index (χ0) is 14.8. The summed E-state index contributed by atoms with van der Waals surface area (Å²) >= 11 is 6.45. The number of aromatic nitrogens is 2. The van der Waals surface area contributed by atoms with E-state index >= 15 is 0 Å². The molecule has 0 atom stereocenters. The number of carbonyl (C=O) groups is 1. The molecule has 1 aliphatic rings. The van der Waals surface area contributed by atoms with Crippen molar-refractivity contribution >= 4 is 43.6 Å². The van der Waals surface area contributed by atoms with Gasteiger partial charge in [-0.15, -0.1) is 0 Å². The lowest BCUT2D eigenvalue weighted by Crippen LogP contribution is -2.17. The summed E-state index contributed by atoms with van der Waals surface area (Å²) in [5.41, 5.74) is 0.455. The van der Waals surface area contributed by atoms with Gasteiger partial charge in [-0.1, -0.05) is 0 Å². The minimum absolute atomic E-state index is 0.302. The maximum Gasteiger partial charge on any atom is 0.257 e. The van der Waals surface area contributed by atoms with Crippen LogP contribution in [0.4, 0.5) is 5.82 Å². The Bertz CT molecular complexity index is 709. The number of carbonyl (C=O) groups excluding carboxylic acids is 1. The number of anilines is 1. The standard InChI is InChI=1S/C13H9Br2N3O3/c14-10-6-16-12(11(15)17-10)18-13(19)7-1-2-8-9(5-7)21-4-3-20-8/h1-2,5-6H,3-4H2,(H,16,18,19). The summed E-state index contributed by atoms with van der Waals surface area (Å²) in [6, 6.07) is 5.03. The first-order valence-electron chi connectivity index (χ1n) is 6.02. The van der Waals surface area contributed by atoms with E-state index in [4.69, 9.17) is 9.47 Å². The molecule has 0 fully saturated rings. The Kier molecular flexibility index (Phi) is 4.07. The molecule has 0 aliphatic carbocycles. The molecule has 108 valence electrons. The van der Waals surface area contributed by atoms with E-state index in [1.54, 1.807) is 18.2 Å². The van der Waals surface area contributed by atoms with Crippen LogP contribution in [0.15, 0.2) is 33.6 Å². The molecule has 0 unspecified atom stereocenters. The highest BCUT2D eigenvalue weighted by molar-refractivity contribution is 9.11. The molecule has 3 rings (SSSR count). The van der Waals surface area contributed by atoms with Crippen LogP contribution in [-0.4, -0.2) is 29.1 Å². The molecule has 1 aromatic heterocycles. The van der Waals surface area contributed by atoms with Gasteiger partial charge in [0.1, 0.15) is 22.4 Å². The monoisotopic (exact) mass is 413 g/mol. The first kappa shape index (κ1) is 14.3. The molecular formula is C13H9Br2N3O3. The molecule has 2 heterocycles. The average molecular weight is 415 g/mol. The molecule has 2 aromatic rings. The van der Waals surface area contributed by atoms with Crippen molar-refractivity contribution in [2.75, 3.05) is 18.5 Å². The van der Waals surface area contributed by atoms with Gasteiger partial charge in [0.25, 0.3) is 5.91 Å². The molecule has 0 bridgehead atoms. The van der Waals surface area contributed by atoms with Crippen molar-refractivity contribution in [2.24, 2.45) is 0 Å². The van der Waals surface area contributed by atoms with Crippen LogP contribution in [0.5, 0.6) is 11.5 Å². The maximum absolute atomic E-state index is 12.2. The third kappa shape index (κ3) is 3.16. The van der Waals surface area contributed by atoms with Gasteiger partial charge in [-0.2, -0.15) is 0 Å². The summed E-state index contributed by atoms with van der Waals surface area (Å²) in [4.78, 5) is 20.4. The Labute approximate surface area is 137 Å². The molecule has 1 aliphatic heterocycles. The Morgan fingerprint density at radius 2 is 1.95 bits per heavy atom. The van der Waals surface area contributed by atoms with Crippen LogP contribution >= 0.6 is 31.9 Å². The first-order valence-corrected chi connectivity index (χ1v) is 7.61. The Morgan fingerprint density at radius 1 is 1.19 bits per heavy atom. The highest BCUT2D eigenvalue weighted by atomic mass is 79.9. The van der Waals surface area contributed by atoms with Crippen LogP contribution in [0.25, 0.3) is 0 Å². The molecule has 1 amide bonds. The van der Waals surface area contributed by atoms with Crippen molar-refractivity contribution in [1.82, 2.24) is 9.97 Å². The van der Waals surface area contributed by atoms with Crippen molar-refractivity contribution in [1.29, 1.82) is 0 Å². The molecule has 6 nitrogen and oxygen atoms in total. The largest absolute Gasteiger partial charge is 0.486 e. The van der Waals surface area contributed by atoms with E-state index < -0.39 is 0 Å². The van der Waals surface area contributed by atoms with Crippen molar-refractivity contribution in [2.45, 2.75) is 0 Å². The molecule has 0 saturated heterocycles. The molecule has 21 heavy (non-hydrogen) atoms. The third-order valence-corrected chi connectivity index (χ3v) is 3.67.